The van der Waals surface area contributed by atoms with Crippen LogP contribution in [0, 0.1) is 0 Å². The molecule has 0 saturated carbocycles. The highest BCUT2D eigenvalue weighted by Crippen LogP contribution is 2.18. The molecule has 0 bridgehead atoms. The molecule has 0 aromatic carbocycles. The molecule has 0 fully saturated rings. The maximum absolute atomic E-state index is 11.8. The first kappa shape index (κ1) is 11.7. The molecular formula is C12H17N3O2. The second-order valence-electron chi connectivity index (χ2n) is 4.08. The van der Waals surface area contributed by atoms with E-state index in [0.717, 1.165) is 12.1 Å². The van der Waals surface area contributed by atoms with Crippen LogP contribution in [-0.2, 0) is 0 Å². The van der Waals surface area contributed by atoms with E-state index in [0.29, 0.717) is 24.1 Å². The summed E-state index contributed by atoms with van der Waals surface area (Å²) in [4.78, 5) is 16.1. The summed E-state index contributed by atoms with van der Waals surface area (Å²) < 4.78 is 6.70. The van der Waals surface area contributed by atoms with Gasteiger partial charge < -0.3 is 4.74 Å². The summed E-state index contributed by atoms with van der Waals surface area (Å²) in [7, 11) is 0. The van der Waals surface area contributed by atoms with E-state index < -0.39 is 0 Å². The average molecular weight is 235 g/mol. The minimum Gasteiger partial charge on any atom is -0.478 e. The van der Waals surface area contributed by atoms with Crippen LogP contribution in [0.1, 0.15) is 38.8 Å². The molecule has 5 heteroatoms. The maximum Gasteiger partial charge on any atom is 0.276 e. The third kappa shape index (κ3) is 2.18. The van der Waals surface area contributed by atoms with Gasteiger partial charge in [-0.2, -0.15) is 4.98 Å². The number of nitrogens with zero attached hydrogens (tertiary/aromatic N) is 2. The van der Waals surface area contributed by atoms with Gasteiger partial charge in [-0.25, -0.2) is 4.52 Å². The van der Waals surface area contributed by atoms with Gasteiger partial charge in [0.05, 0.1) is 12.7 Å². The van der Waals surface area contributed by atoms with Crippen molar-refractivity contribution in [1.82, 2.24) is 14.6 Å². The lowest BCUT2D eigenvalue weighted by atomic mass is 10.1. The molecule has 2 rings (SSSR count). The highest BCUT2D eigenvalue weighted by Gasteiger charge is 2.10. The molecule has 2 heterocycles. The summed E-state index contributed by atoms with van der Waals surface area (Å²) in [6.07, 6.45) is 1.01. The van der Waals surface area contributed by atoms with E-state index in [9.17, 15) is 4.79 Å². The normalized spacial score (nSPS) is 12.9. The fourth-order valence-corrected chi connectivity index (χ4v) is 1.68. The fraction of sp³-hybridized carbons (Fsp3) is 0.500. The molecule has 0 saturated heterocycles. The number of H-pyrrole nitrogens is 1. The third-order valence-corrected chi connectivity index (χ3v) is 2.88. The summed E-state index contributed by atoms with van der Waals surface area (Å²) in [5.74, 6) is 0.763. The second kappa shape index (κ2) is 4.61. The largest absolute Gasteiger partial charge is 0.478 e. The summed E-state index contributed by atoms with van der Waals surface area (Å²) in [5, 5.41) is 3.07. The highest BCUT2D eigenvalue weighted by molar-refractivity contribution is 5.41. The van der Waals surface area contributed by atoms with Crippen molar-refractivity contribution >= 4 is 5.65 Å². The van der Waals surface area contributed by atoms with Gasteiger partial charge in [-0.15, -0.1) is 0 Å². The molecule has 5 nitrogen and oxygen atoms in total. The van der Waals surface area contributed by atoms with Crippen molar-refractivity contribution in [2.75, 3.05) is 6.61 Å². The van der Waals surface area contributed by atoms with Gasteiger partial charge in [0.1, 0.15) is 0 Å². The number of hydrogen-bond donors (Lipinski definition) is 1. The van der Waals surface area contributed by atoms with Crippen LogP contribution in [-0.4, -0.2) is 21.2 Å². The van der Waals surface area contributed by atoms with Crippen molar-refractivity contribution in [2.24, 2.45) is 0 Å². The van der Waals surface area contributed by atoms with E-state index in [-0.39, 0.29) is 5.56 Å². The van der Waals surface area contributed by atoms with Crippen LogP contribution in [0.2, 0.25) is 0 Å². The predicted octanol–water partition coefficient (Wildman–Crippen LogP) is 1.93. The molecule has 2 aromatic rings. The van der Waals surface area contributed by atoms with Gasteiger partial charge in [0.15, 0.2) is 5.65 Å². The Morgan fingerprint density at radius 3 is 2.88 bits per heavy atom. The molecule has 2 aromatic heterocycles. The summed E-state index contributed by atoms with van der Waals surface area (Å²) >= 11 is 0. The van der Waals surface area contributed by atoms with E-state index in [2.05, 4.69) is 23.9 Å². The first-order valence-corrected chi connectivity index (χ1v) is 5.91. The molecule has 0 aliphatic heterocycles. The Labute approximate surface area is 99.4 Å². The summed E-state index contributed by atoms with van der Waals surface area (Å²) in [5.41, 5.74) is 1.48. The SMILES string of the molecule is CCOc1cc(=O)n2[nH]c(C(C)CC)cc2n1. The standard InChI is InChI=1S/C12H17N3O2/c1-4-8(3)9-6-10-13-11(17-5-2)7-12(16)15(10)14-9/h6-8,14H,4-5H2,1-3H3. The van der Waals surface area contributed by atoms with Crippen molar-refractivity contribution in [3.05, 3.63) is 28.2 Å². The van der Waals surface area contributed by atoms with Crippen LogP contribution in [0.3, 0.4) is 0 Å². The van der Waals surface area contributed by atoms with Crippen molar-refractivity contribution < 1.29 is 4.74 Å². The van der Waals surface area contributed by atoms with Gasteiger partial charge in [-0.1, -0.05) is 13.8 Å². The number of ether oxygens (including phenoxy) is 1. The van der Waals surface area contributed by atoms with Gasteiger partial charge >= 0.3 is 0 Å². The highest BCUT2D eigenvalue weighted by atomic mass is 16.5. The molecule has 17 heavy (non-hydrogen) atoms. The van der Waals surface area contributed by atoms with Crippen molar-refractivity contribution in [2.45, 2.75) is 33.1 Å². The van der Waals surface area contributed by atoms with Gasteiger partial charge in [-0.05, 0) is 19.3 Å². The summed E-state index contributed by atoms with van der Waals surface area (Å²) in [6, 6.07) is 3.30. The number of aromatic amines is 1. The topological polar surface area (TPSA) is 59.4 Å². The van der Waals surface area contributed by atoms with E-state index in [4.69, 9.17) is 4.74 Å². The van der Waals surface area contributed by atoms with Crippen molar-refractivity contribution in [1.29, 1.82) is 0 Å². The monoisotopic (exact) mass is 235 g/mol. The molecule has 1 atom stereocenters. The zero-order chi connectivity index (χ0) is 12.4. The van der Waals surface area contributed by atoms with E-state index in [1.807, 2.05) is 13.0 Å². The molecule has 92 valence electrons. The van der Waals surface area contributed by atoms with Gasteiger partial charge in [0.25, 0.3) is 5.56 Å². The molecule has 0 aliphatic rings. The Morgan fingerprint density at radius 1 is 1.47 bits per heavy atom. The third-order valence-electron chi connectivity index (χ3n) is 2.88. The smallest absolute Gasteiger partial charge is 0.276 e. The van der Waals surface area contributed by atoms with Crippen molar-refractivity contribution in [3.8, 4) is 5.88 Å². The molecule has 1 N–H and O–H groups in total. The van der Waals surface area contributed by atoms with E-state index >= 15 is 0 Å². The van der Waals surface area contributed by atoms with Crippen LogP contribution < -0.4 is 10.3 Å². The Kier molecular flexibility index (Phi) is 3.17. The van der Waals surface area contributed by atoms with E-state index in [1.54, 1.807) is 0 Å². The van der Waals surface area contributed by atoms with Gasteiger partial charge in [0.2, 0.25) is 5.88 Å². The minimum absolute atomic E-state index is 0.145. The lowest BCUT2D eigenvalue weighted by molar-refractivity contribution is 0.326. The maximum atomic E-state index is 11.8. The quantitative estimate of drug-likeness (QED) is 0.881. The molecule has 0 amide bonds. The van der Waals surface area contributed by atoms with Gasteiger partial charge in [-0.3, -0.25) is 9.89 Å². The first-order chi connectivity index (χ1) is 8.15. The molecule has 1 unspecified atom stereocenters. The molecule has 0 aliphatic carbocycles. The zero-order valence-corrected chi connectivity index (χ0v) is 10.4. The number of rotatable bonds is 4. The number of hydrogen-bond acceptors (Lipinski definition) is 3. The Balaban J connectivity index is 2.53. The lowest BCUT2D eigenvalue weighted by Gasteiger charge is -2.03. The number of aromatic nitrogens is 3. The minimum atomic E-state index is -0.145. The van der Waals surface area contributed by atoms with Crippen LogP contribution in [0.15, 0.2) is 16.9 Å². The lowest BCUT2D eigenvalue weighted by Crippen LogP contribution is -2.15. The molecule has 0 spiro atoms. The number of fused-ring (bicyclic) bond motifs is 1. The van der Waals surface area contributed by atoms with Crippen LogP contribution >= 0.6 is 0 Å². The fourth-order valence-electron chi connectivity index (χ4n) is 1.68. The Morgan fingerprint density at radius 2 is 2.24 bits per heavy atom. The summed E-state index contributed by atoms with van der Waals surface area (Å²) in [6.45, 7) is 6.59. The van der Waals surface area contributed by atoms with Gasteiger partial charge in [0, 0.05) is 11.8 Å². The Bertz CT molecular complexity index is 571. The zero-order valence-electron chi connectivity index (χ0n) is 10.4. The number of nitrogens with one attached hydrogen (secondary N) is 1. The van der Waals surface area contributed by atoms with Crippen molar-refractivity contribution in [3.63, 3.8) is 0 Å². The molecular weight excluding hydrogens is 218 g/mol. The van der Waals surface area contributed by atoms with Crippen LogP contribution in [0.5, 0.6) is 5.88 Å². The predicted molar refractivity (Wildman–Crippen MR) is 65.7 cm³/mol. The van der Waals surface area contributed by atoms with E-state index in [1.165, 1.54) is 10.6 Å². The Hall–Kier alpha value is -1.78. The molecule has 0 radical (unpaired) electrons. The average Bonchev–Trinajstić information content (AvgIpc) is 2.73. The van der Waals surface area contributed by atoms with Crippen LogP contribution in [0.4, 0.5) is 0 Å². The first-order valence-electron chi connectivity index (χ1n) is 5.91. The second-order valence-corrected chi connectivity index (χ2v) is 4.08. The van der Waals surface area contributed by atoms with Crippen LogP contribution in [0.25, 0.3) is 5.65 Å².